The number of nitrogens with one attached hydrogen (secondary N) is 1. The number of thiocarbonyl (C=S) groups is 1. The lowest BCUT2D eigenvalue weighted by atomic mass is 10.2. The molecule has 10 heteroatoms. The Kier molecular flexibility index (Phi) is 9.02. The van der Waals surface area contributed by atoms with Crippen LogP contribution >= 0.6 is 47.2 Å². The summed E-state index contributed by atoms with van der Waals surface area (Å²) in [4.78, 5) is 27.1. The Bertz CT molecular complexity index is 1110. The number of benzene rings is 2. The molecule has 6 nitrogen and oxygen atoms in total. The van der Waals surface area contributed by atoms with Crippen molar-refractivity contribution in [3.05, 3.63) is 56.9 Å². The zero-order valence-electron chi connectivity index (χ0n) is 18.0. The van der Waals surface area contributed by atoms with Crippen LogP contribution in [-0.4, -0.2) is 40.8 Å². The molecule has 0 unspecified atom stereocenters. The average Bonchev–Trinajstić information content (AvgIpc) is 3.04. The van der Waals surface area contributed by atoms with Gasteiger partial charge in [-0.25, -0.2) is 0 Å². The SMILES string of the molecule is CCCN1C(=O)/C(=C/c2ccc(OCC(=O)Nc3cccc(Cl)c3Cl)c(OCC)c2)SC1=S. The van der Waals surface area contributed by atoms with E-state index in [1.807, 2.05) is 13.8 Å². The van der Waals surface area contributed by atoms with Crippen LogP contribution < -0.4 is 14.8 Å². The largest absolute Gasteiger partial charge is 0.490 e. The number of thioether (sulfide) groups is 1. The lowest BCUT2D eigenvalue weighted by molar-refractivity contribution is -0.122. The Morgan fingerprint density at radius 3 is 2.70 bits per heavy atom. The van der Waals surface area contributed by atoms with Gasteiger partial charge in [0, 0.05) is 6.54 Å². The fourth-order valence-electron chi connectivity index (χ4n) is 3.00. The summed E-state index contributed by atoms with van der Waals surface area (Å²) in [5.74, 6) is 0.371. The van der Waals surface area contributed by atoms with Crippen molar-refractivity contribution in [1.29, 1.82) is 0 Å². The maximum atomic E-state index is 12.6. The number of amides is 2. The van der Waals surface area contributed by atoms with Crippen molar-refractivity contribution in [2.45, 2.75) is 20.3 Å². The van der Waals surface area contributed by atoms with Gasteiger partial charge in [0.2, 0.25) is 0 Å². The molecule has 0 atom stereocenters. The van der Waals surface area contributed by atoms with Crippen LogP contribution in [-0.2, 0) is 9.59 Å². The molecule has 1 heterocycles. The molecule has 1 aliphatic rings. The number of carbonyl (C=O) groups excluding carboxylic acids is 2. The Morgan fingerprint density at radius 2 is 1.97 bits per heavy atom. The Labute approximate surface area is 212 Å². The van der Waals surface area contributed by atoms with E-state index in [4.69, 9.17) is 44.9 Å². The van der Waals surface area contributed by atoms with Crippen molar-refractivity contribution in [3.63, 3.8) is 0 Å². The average molecular weight is 525 g/mol. The van der Waals surface area contributed by atoms with Gasteiger partial charge in [0.15, 0.2) is 18.1 Å². The maximum absolute atomic E-state index is 12.6. The minimum absolute atomic E-state index is 0.0958. The molecule has 0 radical (unpaired) electrons. The molecule has 1 saturated heterocycles. The normalized spacial score (nSPS) is 14.7. The highest BCUT2D eigenvalue weighted by atomic mass is 35.5. The van der Waals surface area contributed by atoms with Crippen LogP contribution in [0.3, 0.4) is 0 Å². The summed E-state index contributed by atoms with van der Waals surface area (Å²) in [5.41, 5.74) is 1.16. The second-order valence-corrected chi connectivity index (χ2v) is 9.37. The molecule has 0 aliphatic carbocycles. The van der Waals surface area contributed by atoms with Crippen LogP contribution in [0.4, 0.5) is 5.69 Å². The summed E-state index contributed by atoms with van der Waals surface area (Å²) in [6, 6.07) is 10.2. The summed E-state index contributed by atoms with van der Waals surface area (Å²) in [5, 5.41) is 3.27. The molecule has 1 N–H and O–H groups in total. The lowest BCUT2D eigenvalue weighted by Crippen LogP contribution is -2.28. The second-order valence-electron chi connectivity index (χ2n) is 6.91. The molecule has 3 rings (SSSR count). The third-order valence-electron chi connectivity index (χ3n) is 4.47. The number of carbonyl (C=O) groups is 2. The first-order chi connectivity index (χ1) is 15.8. The molecule has 1 aliphatic heterocycles. The highest BCUT2D eigenvalue weighted by Gasteiger charge is 2.31. The molecule has 1 fully saturated rings. The number of hydrogen-bond donors (Lipinski definition) is 1. The van der Waals surface area contributed by atoms with Gasteiger partial charge in [-0.3, -0.25) is 14.5 Å². The third-order valence-corrected chi connectivity index (χ3v) is 6.67. The summed E-state index contributed by atoms with van der Waals surface area (Å²) < 4.78 is 11.9. The predicted molar refractivity (Wildman–Crippen MR) is 138 cm³/mol. The van der Waals surface area contributed by atoms with Crippen molar-refractivity contribution in [1.82, 2.24) is 4.90 Å². The van der Waals surface area contributed by atoms with Gasteiger partial charge in [0.1, 0.15) is 4.32 Å². The molecule has 0 spiro atoms. The van der Waals surface area contributed by atoms with E-state index in [-0.39, 0.29) is 17.5 Å². The van der Waals surface area contributed by atoms with Crippen LogP contribution in [0.25, 0.3) is 6.08 Å². The predicted octanol–water partition coefficient (Wildman–Crippen LogP) is 6.02. The number of ether oxygens (including phenoxy) is 2. The molecule has 174 valence electrons. The van der Waals surface area contributed by atoms with E-state index in [0.717, 1.165) is 12.0 Å². The Morgan fingerprint density at radius 1 is 1.18 bits per heavy atom. The molecule has 0 bridgehead atoms. The van der Waals surface area contributed by atoms with Gasteiger partial charge in [-0.05, 0) is 49.2 Å². The van der Waals surface area contributed by atoms with Gasteiger partial charge < -0.3 is 14.8 Å². The zero-order valence-corrected chi connectivity index (χ0v) is 21.2. The van der Waals surface area contributed by atoms with E-state index >= 15 is 0 Å². The highest BCUT2D eigenvalue weighted by molar-refractivity contribution is 8.26. The molecular weight excluding hydrogens is 503 g/mol. The fourth-order valence-corrected chi connectivity index (χ4v) is 4.66. The number of nitrogens with zero attached hydrogens (tertiary/aromatic N) is 1. The summed E-state index contributed by atoms with van der Waals surface area (Å²) in [6.07, 6.45) is 2.60. The first-order valence-corrected chi connectivity index (χ1v) is 12.2. The smallest absolute Gasteiger partial charge is 0.266 e. The molecule has 2 amide bonds. The van der Waals surface area contributed by atoms with Gasteiger partial charge in [-0.2, -0.15) is 0 Å². The number of rotatable bonds is 9. The lowest BCUT2D eigenvalue weighted by Gasteiger charge is -2.13. The number of anilines is 1. The van der Waals surface area contributed by atoms with Crippen molar-refractivity contribution < 1.29 is 19.1 Å². The van der Waals surface area contributed by atoms with Crippen LogP contribution in [0.15, 0.2) is 41.3 Å². The van der Waals surface area contributed by atoms with Crippen LogP contribution in [0.5, 0.6) is 11.5 Å². The van der Waals surface area contributed by atoms with Crippen molar-refractivity contribution in [3.8, 4) is 11.5 Å². The van der Waals surface area contributed by atoms with E-state index in [2.05, 4.69) is 5.32 Å². The van der Waals surface area contributed by atoms with Crippen LogP contribution in [0.1, 0.15) is 25.8 Å². The van der Waals surface area contributed by atoms with Gasteiger partial charge in [0.05, 0.1) is 27.2 Å². The van der Waals surface area contributed by atoms with E-state index in [1.165, 1.54) is 11.8 Å². The molecule has 0 saturated carbocycles. The van der Waals surface area contributed by atoms with Crippen molar-refractivity contribution in [2.24, 2.45) is 0 Å². The quantitative estimate of drug-likeness (QED) is 0.319. The molecular formula is C23H22Cl2N2O4S2. The van der Waals surface area contributed by atoms with Gasteiger partial charge >= 0.3 is 0 Å². The van der Waals surface area contributed by atoms with Crippen molar-refractivity contribution >= 4 is 75.1 Å². The molecule has 0 aromatic heterocycles. The first kappa shape index (κ1) is 25.4. The number of hydrogen-bond acceptors (Lipinski definition) is 6. The summed E-state index contributed by atoms with van der Waals surface area (Å²) in [6.45, 7) is 4.60. The Balaban J connectivity index is 1.71. The molecule has 33 heavy (non-hydrogen) atoms. The van der Waals surface area contributed by atoms with E-state index < -0.39 is 5.91 Å². The zero-order chi connectivity index (χ0) is 24.0. The standard InChI is InChI=1S/C23H22Cl2N2O4S2/c1-3-10-27-22(29)19(33-23(27)32)12-14-8-9-17(18(11-14)30-4-2)31-13-20(28)26-16-7-5-6-15(24)21(16)25/h5-9,11-12H,3-4,10,13H2,1-2H3,(H,26,28)/b19-12-. The maximum Gasteiger partial charge on any atom is 0.266 e. The summed E-state index contributed by atoms with van der Waals surface area (Å²) >= 11 is 18.7. The molecule has 2 aromatic carbocycles. The van der Waals surface area contributed by atoms with Crippen molar-refractivity contribution in [2.75, 3.05) is 25.1 Å². The van der Waals surface area contributed by atoms with Gasteiger partial charge in [-0.15, -0.1) is 0 Å². The first-order valence-electron chi connectivity index (χ1n) is 10.2. The minimum Gasteiger partial charge on any atom is -0.490 e. The number of halogens is 2. The van der Waals surface area contributed by atoms with Gasteiger partial charge in [0.25, 0.3) is 11.8 Å². The second kappa shape index (κ2) is 11.7. The third kappa shape index (κ3) is 6.41. The summed E-state index contributed by atoms with van der Waals surface area (Å²) in [7, 11) is 0. The Hall–Kier alpha value is -2.26. The molecule has 2 aromatic rings. The van der Waals surface area contributed by atoms with Crippen LogP contribution in [0.2, 0.25) is 10.0 Å². The van der Waals surface area contributed by atoms with E-state index in [9.17, 15) is 9.59 Å². The van der Waals surface area contributed by atoms with E-state index in [0.29, 0.717) is 44.6 Å². The fraction of sp³-hybridized carbons (Fsp3) is 0.261. The highest BCUT2D eigenvalue weighted by Crippen LogP contribution is 2.35. The minimum atomic E-state index is -0.398. The topological polar surface area (TPSA) is 67.9 Å². The monoisotopic (exact) mass is 524 g/mol. The van der Waals surface area contributed by atoms with Gasteiger partial charge in [-0.1, -0.05) is 66.2 Å². The van der Waals surface area contributed by atoms with E-state index in [1.54, 1.807) is 47.4 Å². The van der Waals surface area contributed by atoms with Crippen LogP contribution in [0, 0.1) is 0 Å².